The number of aromatic nitrogens is 1. The number of aliphatic hydroxyl groups is 3. The zero-order chi connectivity index (χ0) is 60.4. The number of aliphatic hydroxyl groups excluding tert-OH is 3. The average Bonchev–Trinajstić information content (AvgIpc) is 4.01. The summed E-state index contributed by atoms with van der Waals surface area (Å²) in [5, 5.41) is 53.0. The van der Waals surface area contributed by atoms with Gasteiger partial charge in [0.05, 0.1) is 55.5 Å². The molecule has 29 nitrogen and oxygen atoms in total. The van der Waals surface area contributed by atoms with E-state index in [1.54, 1.807) is 52.8 Å². The van der Waals surface area contributed by atoms with Crippen LogP contribution in [0.2, 0.25) is 0 Å². The third-order valence-corrected chi connectivity index (χ3v) is 14.9. The fraction of sp³-hybridized carbons (Fsp3) is 0.635. The Morgan fingerprint density at radius 1 is 0.854 bits per heavy atom. The van der Waals surface area contributed by atoms with Gasteiger partial charge in [-0.15, -0.1) is 11.8 Å². The molecule has 10 atom stereocenters. The highest BCUT2D eigenvalue weighted by Crippen LogP contribution is 2.34. The summed E-state index contributed by atoms with van der Waals surface area (Å²) in [5.41, 5.74) is 7.70. The van der Waals surface area contributed by atoms with Crippen LogP contribution < -0.4 is 58.5 Å². The number of ether oxygens (including phenoxy) is 2. The zero-order valence-electron chi connectivity index (χ0n) is 46.8. The van der Waals surface area contributed by atoms with E-state index in [4.69, 9.17) is 20.0 Å². The number of benzene rings is 1. The SMILES string of the molecule is CC[C@H](C)[C@@H]1NC(=O)CNC(=O)[C@H]2Cc3c([nH]c4cc(OCCCCCCNC(=O)CONC(=O)OC(C)(C)C)ccc34)SC[C@H](NC(=O)CNC1=O)C(=O)N[C@@H](CC(N)=O)C(=O)N1C[C@H](O)C[C@H]1C(=O)N[C@@H]([C@@H](C)[C@@H](O)CO)C(=O)N2. The highest BCUT2D eigenvalue weighted by molar-refractivity contribution is 7.99. The van der Waals surface area contributed by atoms with Crippen molar-refractivity contribution in [1.29, 1.82) is 0 Å². The number of nitrogens with zero attached hydrogens (tertiary/aromatic N) is 1. The first kappa shape index (κ1) is 65.5. The van der Waals surface area contributed by atoms with E-state index in [-0.39, 0.29) is 25.2 Å². The fourth-order valence-electron chi connectivity index (χ4n) is 9.15. The highest BCUT2D eigenvalue weighted by Gasteiger charge is 2.45. The van der Waals surface area contributed by atoms with Gasteiger partial charge in [-0.1, -0.05) is 40.0 Å². The van der Waals surface area contributed by atoms with Crippen LogP contribution in [0.25, 0.3) is 10.9 Å². The van der Waals surface area contributed by atoms with Crippen molar-refractivity contribution < 1.29 is 82.4 Å². The molecular formula is C52H78N12O17S. The van der Waals surface area contributed by atoms with Crippen molar-refractivity contribution in [1.82, 2.24) is 57.9 Å². The molecule has 0 saturated carbocycles. The smallest absolute Gasteiger partial charge is 0.431 e. The minimum atomic E-state index is -1.77. The molecule has 0 radical (unpaired) electrons. The summed E-state index contributed by atoms with van der Waals surface area (Å²) in [4.78, 5) is 159. The maximum absolute atomic E-state index is 14.7. The second-order valence-electron chi connectivity index (χ2n) is 21.4. The number of H-pyrrole nitrogens is 1. The van der Waals surface area contributed by atoms with E-state index < -0.39 is 170 Å². The fourth-order valence-corrected chi connectivity index (χ4v) is 10.3. The number of nitrogens with two attached hydrogens (primary N) is 1. The molecule has 3 aliphatic rings. The lowest BCUT2D eigenvalue weighted by molar-refractivity contribution is -0.144. The van der Waals surface area contributed by atoms with Crippen molar-refractivity contribution in [3.8, 4) is 5.75 Å². The summed E-state index contributed by atoms with van der Waals surface area (Å²) < 4.78 is 11.2. The predicted octanol–water partition coefficient (Wildman–Crippen LogP) is -3.13. The van der Waals surface area contributed by atoms with Crippen LogP contribution >= 0.6 is 11.8 Å². The van der Waals surface area contributed by atoms with Gasteiger partial charge in [-0.25, -0.2) is 4.79 Å². The zero-order valence-corrected chi connectivity index (χ0v) is 47.6. The lowest BCUT2D eigenvalue weighted by Gasteiger charge is -2.32. The maximum atomic E-state index is 14.7. The largest absolute Gasteiger partial charge is 0.494 e. The first-order chi connectivity index (χ1) is 38.8. The quantitative estimate of drug-likeness (QED) is 0.0518. The Bertz CT molecular complexity index is 2650. The van der Waals surface area contributed by atoms with Crippen LogP contribution in [0.4, 0.5) is 4.79 Å². The van der Waals surface area contributed by atoms with Gasteiger partial charge in [0.15, 0.2) is 6.61 Å². The lowest BCUT2D eigenvalue weighted by Crippen LogP contribution is -2.62. The number of hydrogen-bond donors (Lipinski definition) is 14. The Balaban J connectivity index is 1.50. The van der Waals surface area contributed by atoms with Crippen LogP contribution in [0.5, 0.6) is 5.75 Å². The summed E-state index contributed by atoms with van der Waals surface area (Å²) in [7, 11) is 0. The second-order valence-corrected chi connectivity index (χ2v) is 22.5. The van der Waals surface area contributed by atoms with E-state index in [0.717, 1.165) is 29.5 Å². The van der Waals surface area contributed by atoms with Gasteiger partial charge in [0.2, 0.25) is 59.1 Å². The van der Waals surface area contributed by atoms with Crippen LogP contribution in [0, 0.1) is 11.8 Å². The molecule has 0 unspecified atom stereocenters. The van der Waals surface area contributed by atoms with Crippen LogP contribution in [0.1, 0.15) is 92.1 Å². The van der Waals surface area contributed by atoms with E-state index >= 15 is 0 Å². The average molecular weight is 1180 g/mol. The number of hydrogen-bond acceptors (Lipinski definition) is 18. The number of primary amides is 1. The standard InChI is InChI=1S/C52H78N12O17S/c1-7-26(2)42-47(75)56-20-39(69)57-35-25-82-49-31(30-13-12-29(17-32(30)60-49)79-15-11-9-8-10-14-54-41(71)24-80-63-51(78)81-52(4,5)6)18-33(44(72)55-21-40(70)61-42)58-48(76)43(27(3)37(67)23-65)62-46(74)36-16-28(66)22-64(36)50(77)34(19-38(53)68)59-45(35)73/h12-13,17,26-28,33-37,42-43,60,65-67H,7-11,14-16,18-25H2,1-6H3,(H2,53,68)(H,54,71)(H,55,72)(H,56,75)(H,57,69)(H,58,76)(H,59,73)(H,61,70)(H,62,74)(H,63,78)/t26-,27-,28+,33+,34-,35-,36-,37-,42-,43-/m0/s1. The number of amides is 11. The molecule has 4 heterocycles. The first-order valence-electron chi connectivity index (χ1n) is 27.2. The summed E-state index contributed by atoms with van der Waals surface area (Å²) in [6.07, 6.45) is -2.20. The van der Waals surface area contributed by atoms with Gasteiger partial charge in [0.25, 0.3) is 0 Å². The van der Waals surface area contributed by atoms with Crippen molar-refractivity contribution in [2.45, 2.75) is 152 Å². The van der Waals surface area contributed by atoms with Crippen molar-refractivity contribution >= 4 is 87.8 Å². The third kappa shape index (κ3) is 19.4. The van der Waals surface area contributed by atoms with E-state index in [0.29, 0.717) is 53.0 Å². The van der Waals surface area contributed by atoms with E-state index in [9.17, 15) is 68.1 Å². The van der Waals surface area contributed by atoms with E-state index in [2.05, 4.69) is 53.0 Å². The highest BCUT2D eigenvalue weighted by atomic mass is 32.2. The molecule has 1 fully saturated rings. The van der Waals surface area contributed by atoms with Crippen LogP contribution in [-0.4, -0.2) is 196 Å². The number of aromatic amines is 1. The Hall–Kier alpha value is -7.28. The molecule has 1 aromatic heterocycles. The van der Waals surface area contributed by atoms with Crippen LogP contribution in [0.3, 0.4) is 0 Å². The van der Waals surface area contributed by atoms with Crippen molar-refractivity contribution in [2.24, 2.45) is 17.6 Å². The molecule has 0 spiro atoms. The van der Waals surface area contributed by atoms with Gasteiger partial charge >= 0.3 is 6.09 Å². The lowest BCUT2D eigenvalue weighted by atomic mass is 9.93. The Kier molecular flexibility index (Phi) is 24.5. The number of rotatable bonds is 18. The van der Waals surface area contributed by atoms with Crippen molar-refractivity contribution in [3.05, 3.63) is 23.8 Å². The number of unbranched alkanes of at least 4 members (excludes halogenated alkanes) is 3. The molecule has 2 bridgehead atoms. The monoisotopic (exact) mass is 1170 g/mol. The second kappa shape index (κ2) is 30.7. The summed E-state index contributed by atoms with van der Waals surface area (Å²) in [5.74, 6) is -10.7. The molecule has 15 N–H and O–H groups in total. The molecule has 30 heteroatoms. The Morgan fingerprint density at radius 2 is 1.55 bits per heavy atom. The molecule has 454 valence electrons. The Morgan fingerprint density at radius 3 is 2.23 bits per heavy atom. The molecule has 0 aliphatic carbocycles. The first-order valence-corrected chi connectivity index (χ1v) is 28.2. The van der Waals surface area contributed by atoms with Gasteiger partial charge in [0, 0.05) is 49.1 Å². The maximum Gasteiger partial charge on any atom is 0.431 e. The topological polar surface area (TPSA) is 429 Å². The molecule has 82 heavy (non-hydrogen) atoms. The van der Waals surface area contributed by atoms with Gasteiger partial charge in [-0.05, 0) is 57.2 Å². The molecule has 11 amide bonds. The number of fused-ring (bicyclic) bond motifs is 5. The van der Waals surface area contributed by atoms with Gasteiger partial charge < -0.3 is 82.9 Å². The van der Waals surface area contributed by atoms with Crippen molar-refractivity contribution in [3.63, 3.8) is 0 Å². The summed E-state index contributed by atoms with van der Waals surface area (Å²) in [6.45, 7) is 7.31. The van der Waals surface area contributed by atoms with Crippen LogP contribution in [-0.2, 0) is 63.9 Å². The molecule has 1 aromatic carbocycles. The predicted molar refractivity (Wildman–Crippen MR) is 292 cm³/mol. The minimum absolute atomic E-state index is 0.285. The van der Waals surface area contributed by atoms with Gasteiger partial charge in [-0.3, -0.25) is 52.8 Å². The number of thioether (sulfide) groups is 1. The Labute approximate surface area is 477 Å². The number of nitrogens with one attached hydrogen (secondary N) is 10. The molecule has 1 saturated heterocycles. The molecule has 2 aromatic rings. The molecule has 3 aliphatic heterocycles. The number of carbonyl (C=O) groups is 11. The summed E-state index contributed by atoms with van der Waals surface area (Å²) >= 11 is 0.974. The van der Waals surface area contributed by atoms with Gasteiger partial charge in [-0.2, -0.15) is 5.48 Å². The molecule has 5 rings (SSSR count). The van der Waals surface area contributed by atoms with Gasteiger partial charge in [0.1, 0.15) is 47.6 Å². The van der Waals surface area contributed by atoms with Crippen molar-refractivity contribution in [2.75, 3.05) is 51.8 Å². The van der Waals surface area contributed by atoms with E-state index in [1.165, 1.54) is 6.92 Å². The van der Waals surface area contributed by atoms with Crippen LogP contribution in [0.15, 0.2) is 23.2 Å². The van der Waals surface area contributed by atoms with E-state index in [1.807, 2.05) is 0 Å². The minimum Gasteiger partial charge on any atom is -0.494 e. The number of carbonyl (C=O) groups excluding carboxylic acids is 11. The molecular weight excluding hydrogens is 1100 g/mol. The normalized spacial score (nSPS) is 23.9. The summed E-state index contributed by atoms with van der Waals surface area (Å²) in [6, 6.07) is -4.40. The third-order valence-electron chi connectivity index (χ3n) is 13.8. The number of hydroxylamine groups is 1.